The first-order valence-electron chi connectivity index (χ1n) is 11.3. The largest absolute Gasteiger partial charge is 0.493 e. The minimum Gasteiger partial charge on any atom is -0.493 e. The molecule has 1 heterocycles. The first-order valence-corrected chi connectivity index (χ1v) is 11.3. The molecular weight excluding hydrogens is 376 g/mol. The Hall–Kier alpha value is -2.56. The molecule has 1 fully saturated rings. The van der Waals surface area contributed by atoms with Crippen LogP contribution in [0.25, 0.3) is 10.8 Å². The van der Waals surface area contributed by atoms with Gasteiger partial charge in [0.2, 0.25) is 11.8 Å². The van der Waals surface area contributed by atoms with Crippen LogP contribution in [0, 0.1) is 5.92 Å². The molecule has 1 N–H and O–H groups in total. The molecule has 0 spiro atoms. The molecule has 162 valence electrons. The number of piperidine rings is 1. The highest BCUT2D eigenvalue weighted by molar-refractivity contribution is 5.88. The third kappa shape index (κ3) is 6.22. The summed E-state index contributed by atoms with van der Waals surface area (Å²) in [7, 11) is 0. The molecule has 5 nitrogen and oxygen atoms in total. The zero-order valence-corrected chi connectivity index (χ0v) is 18.1. The lowest BCUT2D eigenvalue weighted by Gasteiger charge is -2.31. The van der Waals surface area contributed by atoms with Gasteiger partial charge in [0.25, 0.3) is 0 Å². The third-order valence-electron chi connectivity index (χ3n) is 5.84. The van der Waals surface area contributed by atoms with E-state index in [-0.39, 0.29) is 17.7 Å². The van der Waals surface area contributed by atoms with Crippen molar-refractivity contribution in [3.05, 3.63) is 42.5 Å². The van der Waals surface area contributed by atoms with Crippen LogP contribution in [0.3, 0.4) is 0 Å². The molecule has 30 heavy (non-hydrogen) atoms. The molecule has 3 rings (SSSR count). The Balaban J connectivity index is 1.34. The summed E-state index contributed by atoms with van der Waals surface area (Å²) in [6.45, 7) is 4.80. The lowest BCUT2D eigenvalue weighted by molar-refractivity contribution is -0.135. The number of fused-ring (bicyclic) bond motifs is 1. The molecule has 1 aliphatic rings. The van der Waals surface area contributed by atoms with Gasteiger partial charge in [0, 0.05) is 37.4 Å². The van der Waals surface area contributed by atoms with Crippen LogP contribution in [0.4, 0.5) is 0 Å². The highest BCUT2D eigenvalue weighted by Gasteiger charge is 2.26. The topological polar surface area (TPSA) is 58.6 Å². The number of carbonyl (C=O) groups is 2. The predicted molar refractivity (Wildman–Crippen MR) is 121 cm³/mol. The van der Waals surface area contributed by atoms with Crippen LogP contribution in [-0.4, -0.2) is 43.0 Å². The van der Waals surface area contributed by atoms with Crippen LogP contribution < -0.4 is 10.1 Å². The lowest BCUT2D eigenvalue weighted by Crippen LogP contribution is -2.43. The van der Waals surface area contributed by atoms with E-state index in [0.717, 1.165) is 55.2 Å². The zero-order chi connectivity index (χ0) is 21.2. The van der Waals surface area contributed by atoms with Gasteiger partial charge in [-0.15, -0.1) is 0 Å². The Morgan fingerprint density at radius 2 is 1.80 bits per heavy atom. The third-order valence-corrected chi connectivity index (χ3v) is 5.84. The summed E-state index contributed by atoms with van der Waals surface area (Å²) in [5.41, 5.74) is 0. The van der Waals surface area contributed by atoms with Crippen molar-refractivity contribution in [1.82, 2.24) is 10.2 Å². The number of amides is 2. The zero-order valence-electron chi connectivity index (χ0n) is 18.1. The molecule has 0 saturated carbocycles. The van der Waals surface area contributed by atoms with Crippen LogP contribution in [-0.2, 0) is 9.59 Å². The molecule has 0 bridgehead atoms. The van der Waals surface area contributed by atoms with Gasteiger partial charge in [-0.25, -0.2) is 0 Å². The van der Waals surface area contributed by atoms with E-state index >= 15 is 0 Å². The van der Waals surface area contributed by atoms with Gasteiger partial charge in [0.05, 0.1) is 6.61 Å². The number of benzene rings is 2. The number of hydrogen-bond acceptors (Lipinski definition) is 3. The van der Waals surface area contributed by atoms with Gasteiger partial charge in [-0.3, -0.25) is 9.59 Å². The van der Waals surface area contributed by atoms with Crippen LogP contribution in [0.2, 0.25) is 0 Å². The smallest absolute Gasteiger partial charge is 0.223 e. The number of nitrogens with one attached hydrogen (secondary N) is 1. The predicted octanol–water partition coefficient (Wildman–Crippen LogP) is 4.54. The molecule has 1 aliphatic heterocycles. The maximum absolute atomic E-state index is 12.5. The van der Waals surface area contributed by atoms with E-state index in [1.165, 1.54) is 0 Å². The molecular formula is C25H34N2O3. The molecule has 0 aliphatic carbocycles. The van der Waals surface area contributed by atoms with E-state index in [0.29, 0.717) is 32.5 Å². The average molecular weight is 411 g/mol. The molecule has 0 atom stereocenters. The molecule has 2 amide bonds. The Morgan fingerprint density at radius 3 is 2.60 bits per heavy atom. The summed E-state index contributed by atoms with van der Waals surface area (Å²) in [5, 5.41) is 5.30. The minimum atomic E-state index is 0.0466. The monoisotopic (exact) mass is 410 g/mol. The van der Waals surface area contributed by atoms with Crippen LogP contribution >= 0.6 is 0 Å². The van der Waals surface area contributed by atoms with Crippen molar-refractivity contribution < 1.29 is 14.3 Å². The molecule has 0 radical (unpaired) electrons. The standard InChI is InChI=1S/C25H34N2O3/c1-2-3-6-16-26-25(29)21-14-17-27(18-15-21)24(28)13-8-19-30-23-12-7-10-20-9-4-5-11-22(20)23/h4-5,7,9-12,21H,2-3,6,8,13-19H2,1H3,(H,26,29). The normalized spacial score (nSPS) is 14.6. The average Bonchev–Trinajstić information content (AvgIpc) is 2.79. The van der Waals surface area contributed by atoms with Gasteiger partial charge in [-0.05, 0) is 37.1 Å². The van der Waals surface area contributed by atoms with Crippen molar-refractivity contribution in [3.63, 3.8) is 0 Å². The number of likely N-dealkylation sites (tertiary alicyclic amines) is 1. The summed E-state index contributed by atoms with van der Waals surface area (Å²) < 4.78 is 5.94. The minimum absolute atomic E-state index is 0.0466. The summed E-state index contributed by atoms with van der Waals surface area (Å²) in [6.07, 6.45) is 6.05. The highest BCUT2D eigenvalue weighted by atomic mass is 16.5. The first-order chi connectivity index (χ1) is 14.7. The first kappa shape index (κ1) is 22.1. The second-order valence-corrected chi connectivity index (χ2v) is 8.08. The van der Waals surface area contributed by atoms with Gasteiger partial charge in [-0.2, -0.15) is 0 Å². The summed E-state index contributed by atoms with van der Waals surface area (Å²) in [4.78, 5) is 26.7. The van der Waals surface area contributed by atoms with Crippen LogP contribution in [0.15, 0.2) is 42.5 Å². The van der Waals surface area contributed by atoms with Crippen LogP contribution in [0.5, 0.6) is 5.75 Å². The van der Waals surface area contributed by atoms with E-state index in [4.69, 9.17) is 4.74 Å². The Kier molecular flexibility index (Phi) is 8.54. The van der Waals surface area contributed by atoms with E-state index in [2.05, 4.69) is 30.4 Å². The van der Waals surface area contributed by atoms with Gasteiger partial charge in [-0.1, -0.05) is 56.2 Å². The molecule has 5 heteroatoms. The molecule has 2 aromatic carbocycles. The molecule has 2 aromatic rings. The SMILES string of the molecule is CCCCCNC(=O)C1CCN(C(=O)CCCOc2cccc3ccccc23)CC1. The van der Waals surface area contributed by atoms with E-state index in [1.807, 2.05) is 29.2 Å². The van der Waals surface area contributed by atoms with E-state index in [1.54, 1.807) is 0 Å². The number of hydrogen-bond donors (Lipinski definition) is 1. The fourth-order valence-corrected chi connectivity index (χ4v) is 4.01. The summed E-state index contributed by atoms with van der Waals surface area (Å²) in [6, 6.07) is 14.2. The van der Waals surface area contributed by atoms with Crippen molar-refractivity contribution in [2.45, 2.75) is 51.9 Å². The highest BCUT2D eigenvalue weighted by Crippen LogP contribution is 2.25. The van der Waals surface area contributed by atoms with Crippen molar-refractivity contribution in [1.29, 1.82) is 0 Å². The summed E-state index contributed by atoms with van der Waals surface area (Å²) in [5.74, 6) is 1.23. The van der Waals surface area contributed by atoms with Crippen LogP contribution in [0.1, 0.15) is 51.9 Å². The van der Waals surface area contributed by atoms with Gasteiger partial charge in [0.1, 0.15) is 5.75 Å². The number of carbonyl (C=O) groups excluding carboxylic acids is 2. The van der Waals surface area contributed by atoms with Crippen molar-refractivity contribution >= 4 is 22.6 Å². The molecule has 1 saturated heterocycles. The maximum atomic E-state index is 12.5. The number of ether oxygens (including phenoxy) is 1. The molecule has 0 unspecified atom stereocenters. The van der Waals surface area contributed by atoms with Crippen molar-refractivity contribution in [3.8, 4) is 5.75 Å². The Bertz CT molecular complexity index is 823. The van der Waals surface area contributed by atoms with Gasteiger partial charge >= 0.3 is 0 Å². The lowest BCUT2D eigenvalue weighted by atomic mass is 9.95. The van der Waals surface area contributed by atoms with E-state index < -0.39 is 0 Å². The second-order valence-electron chi connectivity index (χ2n) is 8.08. The summed E-state index contributed by atoms with van der Waals surface area (Å²) >= 11 is 0. The number of unbranched alkanes of at least 4 members (excludes halogenated alkanes) is 2. The fraction of sp³-hybridized carbons (Fsp3) is 0.520. The second kappa shape index (κ2) is 11.6. The van der Waals surface area contributed by atoms with Gasteiger partial charge < -0.3 is 15.0 Å². The fourth-order valence-electron chi connectivity index (χ4n) is 4.01. The van der Waals surface area contributed by atoms with Gasteiger partial charge in [0.15, 0.2) is 0 Å². The quantitative estimate of drug-likeness (QED) is 0.585. The Morgan fingerprint density at radius 1 is 1.03 bits per heavy atom. The van der Waals surface area contributed by atoms with Crippen molar-refractivity contribution in [2.75, 3.05) is 26.2 Å². The number of nitrogens with zero attached hydrogens (tertiary/aromatic N) is 1. The Labute approximate surface area is 179 Å². The maximum Gasteiger partial charge on any atom is 0.223 e. The van der Waals surface area contributed by atoms with E-state index in [9.17, 15) is 9.59 Å². The molecule has 0 aromatic heterocycles. The number of rotatable bonds is 10. The van der Waals surface area contributed by atoms with Crippen molar-refractivity contribution in [2.24, 2.45) is 5.92 Å².